The van der Waals surface area contributed by atoms with Gasteiger partial charge in [-0.3, -0.25) is 9.59 Å². The molecule has 0 saturated carbocycles. The summed E-state index contributed by atoms with van der Waals surface area (Å²) in [6.45, 7) is 1.07. The number of amides is 2. The molecule has 0 unspecified atom stereocenters. The van der Waals surface area contributed by atoms with Gasteiger partial charge in [0.05, 0.1) is 19.8 Å². The summed E-state index contributed by atoms with van der Waals surface area (Å²) in [6.07, 6.45) is 3.91. The van der Waals surface area contributed by atoms with Gasteiger partial charge in [-0.05, 0) is 23.8 Å². The molecule has 0 bridgehead atoms. The van der Waals surface area contributed by atoms with Gasteiger partial charge in [0.15, 0.2) is 11.5 Å². The second-order valence-electron chi connectivity index (χ2n) is 5.72. The van der Waals surface area contributed by atoms with Gasteiger partial charge in [-0.25, -0.2) is 0 Å². The summed E-state index contributed by atoms with van der Waals surface area (Å²) in [7, 11) is 0. The van der Waals surface area contributed by atoms with Crippen molar-refractivity contribution in [2.45, 2.75) is 6.42 Å². The molecule has 0 atom stereocenters. The average Bonchev–Trinajstić information content (AvgIpc) is 2.90. The predicted molar refractivity (Wildman–Crippen MR) is 99.2 cm³/mol. The zero-order chi connectivity index (χ0) is 18.2. The van der Waals surface area contributed by atoms with E-state index >= 15 is 0 Å². The minimum absolute atomic E-state index is 0.119. The number of anilines is 1. The van der Waals surface area contributed by atoms with Crippen LogP contribution in [-0.2, 0) is 9.59 Å². The van der Waals surface area contributed by atoms with E-state index < -0.39 is 0 Å². The Morgan fingerprint density at radius 3 is 2.58 bits per heavy atom. The molecule has 2 amide bonds. The van der Waals surface area contributed by atoms with Crippen LogP contribution in [0.25, 0.3) is 6.08 Å². The van der Waals surface area contributed by atoms with Crippen LogP contribution in [0, 0.1) is 0 Å². The third kappa shape index (κ3) is 5.11. The molecule has 0 radical (unpaired) electrons. The summed E-state index contributed by atoms with van der Waals surface area (Å²) in [5.74, 6) is 0.624. The number of carbonyl (C=O) groups excluding carboxylic acids is 2. The number of rotatable bonds is 5. The minimum atomic E-state index is -0.331. The van der Waals surface area contributed by atoms with Crippen LogP contribution in [-0.4, -0.2) is 31.6 Å². The van der Waals surface area contributed by atoms with Crippen LogP contribution in [0.2, 0.25) is 0 Å². The molecular formula is C20H20N2O4. The van der Waals surface area contributed by atoms with E-state index in [0.717, 1.165) is 12.0 Å². The maximum Gasteiger partial charge on any atom is 0.244 e. The molecule has 2 aromatic rings. The van der Waals surface area contributed by atoms with E-state index in [1.54, 1.807) is 24.3 Å². The molecule has 2 N–H and O–H groups in total. The third-order valence-electron chi connectivity index (χ3n) is 3.68. The Balaban J connectivity index is 1.49. The molecule has 6 nitrogen and oxygen atoms in total. The van der Waals surface area contributed by atoms with Gasteiger partial charge in [0.1, 0.15) is 0 Å². The number of carbonyl (C=O) groups is 2. The van der Waals surface area contributed by atoms with Crippen LogP contribution in [0.15, 0.2) is 54.6 Å². The Bertz CT molecular complexity index is 803. The van der Waals surface area contributed by atoms with E-state index in [-0.39, 0.29) is 18.4 Å². The second-order valence-corrected chi connectivity index (χ2v) is 5.72. The summed E-state index contributed by atoms with van der Waals surface area (Å²) in [5, 5.41) is 5.28. The van der Waals surface area contributed by atoms with Crippen LogP contribution in [0.4, 0.5) is 5.69 Å². The van der Waals surface area contributed by atoms with Crippen molar-refractivity contribution in [1.29, 1.82) is 0 Å². The highest BCUT2D eigenvalue weighted by atomic mass is 16.5. The van der Waals surface area contributed by atoms with Gasteiger partial charge >= 0.3 is 0 Å². The summed E-state index contributed by atoms with van der Waals surface area (Å²) in [6, 6.07) is 14.7. The molecule has 1 heterocycles. The van der Waals surface area contributed by atoms with E-state index in [1.165, 1.54) is 6.08 Å². The van der Waals surface area contributed by atoms with E-state index in [1.807, 2.05) is 30.3 Å². The fourth-order valence-electron chi connectivity index (χ4n) is 2.41. The molecule has 1 aliphatic rings. The Kier molecular flexibility index (Phi) is 5.88. The zero-order valence-corrected chi connectivity index (χ0v) is 14.2. The van der Waals surface area contributed by atoms with Gasteiger partial charge in [0, 0.05) is 24.3 Å². The molecule has 3 rings (SSSR count). The quantitative estimate of drug-likeness (QED) is 0.811. The van der Waals surface area contributed by atoms with Crippen molar-refractivity contribution >= 4 is 23.6 Å². The summed E-state index contributed by atoms with van der Waals surface area (Å²) in [4.78, 5) is 23.8. The van der Waals surface area contributed by atoms with Crippen molar-refractivity contribution in [3.63, 3.8) is 0 Å². The van der Waals surface area contributed by atoms with E-state index in [4.69, 9.17) is 9.47 Å². The Hall–Kier alpha value is -3.28. The molecule has 0 spiro atoms. The van der Waals surface area contributed by atoms with E-state index in [2.05, 4.69) is 10.6 Å². The summed E-state index contributed by atoms with van der Waals surface area (Å²) in [5.41, 5.74) is 1.51. The van der Waals surface area contributed by atoms with Crippen molar-refractivity contribution < 1.29 is 19.1 Å². The highest BCUT2D eigenvalue weighted by molar-refractivity contribution is 5.98. The fraction of sp³-hybridized carbons (Fsp3) is 0.200. The maximum atomic E-state index is 12.0. The highest BCUT2D eigenvalue weighted by Gasteiger charge is 2.12. The minimum Gasteiger partial charge on any atom is -0.490 e. The van der Waals surface area contributed by atoms with Crippen LogP contribution in [0.3, 0.4) is 0 Å². The lowest BCUT2D eigenvalue weighted by molar-refractivity contribution is -0.121. The van der Waals surface area contributed by atoms with Gasteiger partial charge in [0.2, 0.25) is 11.8 Å². The molecular weight excluding hydrogens is 332 g/mol. The number of ether oxygens (including phenoxy) is 2. The number of fused-ring (bicyclic) bond motifs is 1. The van der Waals surface area contributed by atoms with Crippen molar-refractivity contribution in [2.24, 2.45) is 0 Å². The zero-order valence-electron chi connectivity index (χ0n) is 14.2. The monoisotopic (exact) mass is 352 g/mol. The van der Waals surface area contributed by atoms with Gasteiger partial charge in [-0.2, -0.15) is 0 Å². The van der Waals surface area contributed by atoms with Crippen LogP contribution in [0.1, 0.15) is 12.0 Å². The lowest BCUT2D eigenvalue weighted by Crippen LogP contribution is -2.31. The maximum absolute atomic E-state index is 12.0. The number of nitrogens with one attached hydrogen (secondary N) is 2. The fourth-order valence-corrected chi connectivity index (χ4v) is 2.41. The van der Waals surface area contributed by atoms with Crippen LogP contribution in [0.5, 0.6) is 11.5 Å². The molecule has 0 saturated heterocycles. The molecule has 0 aliphatic carbocycles. The Labute approximate surface area is 151 Å². The van der Waals surface area contributed by atoms with Crippen molar-refractivity contribution in [2.75, 3.05) is 25.1 Å². The smallest absolute Gasteiger partial charge is 0.244 e. The third-order valence-corrected chi connectivity index (χ3v) is 3.68. The molecule has 1 aliphatic heterocycles. The SMILES string of the molecule is O=C(/C=C/c1ccccc1)NCC(=O)Nc1ccc2c(c1)OCCCO2. The first-order valence-corrected chi connectivity index (χ1v) is 8.41. The molecule has 6 heteroatoms. The number of hydrogen-bond acceptors (Lipinski definition) is 4. The van der Waals surface area contributed by atoms with Crippen LogP contribution < -0.4 is 20.1 Å². The number of benzene rings is 2. The van der Waals surface area contributed by atoms with Crippen molar-refractivity contribution in [3.05, 3.63) is 60.2 Å². The topological polar surface area (TPSA) is 76.7 Å². The lowest BCUT2D eigenvalue weighted by atomic mass is 10.2. The normalized spacial score (nSPS) is 13.1. The largest absolute Gasteiger partial charge is 0.490 e. The molecule has 0 aromatic heterocycles. The van der Waals surface area contributed by atoms with Crippen molar-refractivity contribution in [1.82, 2.24) is 5.32 Å². The molecule has 26 heavy (non-hydrogen) atoms. The van der Waals surface area contributed by atoms with Crippen LogP contribution >= 0.6 is 0 Å². The van der Waals surface area contributed by atoms with E-state index in [0.29, 0.717) is 30.4 Å². The van der Waals surface area contributed by atoms with Crippen molar-refractivity contribution in [3.8, 4) is 11.5 Å². The second kappa shape index (κ2) is 8.71. The number of hydrogen-bond donors (Lipinski definition) is 2. The first-order valence-electron chi connectivity index (χ1n) is 8.41. The summed E-state index contributed by atoms with van der Waals surface area (Å²) >= 11 is 0. The van der Waals surface area contributed by atoms with E-state index in [9.17, 15) is 9.59 Å². The van der Waals surface area contributed by atoms with Gasteiger partial charge in [-0.1, -0.05) is 30.3 Å². The predicted octanol–water partition coefficient (Wildman–Crippen LogP) is 2.62. The molecule has 2 aromatic carbocycles. The highest BCUT2D eigenvalue weighted by Crippen LogP contribution is 2.32. The Morgan fingerprint density at radius 1 is 1.00 bits per heavy atom. The standard InChI is InChI=1S/C20H20N2O4/c23-19(10-7-15-5-2-1-3-6-15)21-14-20(24)22-16-8-9-17-18(13-16)26-12-4-11-25-17/h1-3,5-10,13H,4,11-12,14H2,(H,21,23)(H,22,24)/b10-7+. The first kappa shape index (κ1) is 17.5. The Morgan fingerprint density at radius 2 is 1.77 bits per heavy atom. The summed E-state index contributed by atoms with van der Waals surface area (Å²) < 4.78 is 11.1. The molecule has 0 fully saturated rings. The lowest BCUT2D eigenvalue weighted by Gasteiger charge is -2.10. The van der Waals surface area contributed by atoms with Gasteiger partial charge < -0.3 is 20.1 Å². The van der Waals surface area contributed by atoms with Gasteiger partial charge in [-0.15, -0.1) is 0 Å². The average molecular weight is 352 g/mol. The first-order chi connectivity index (χ1) is 12.7. The van der Waals surface area contributed by atoms with Gasteiger partial charge in [0.25, 0.3) is 0 Å². The molecule has 134 valence electrons.